The van der Waals surface area contributed by atoms with Crippen LogP contribution in [0, 0.1) is 6.92 Å². The lowest BCUT2D eigenvalue weighted by molar-refractivity contribution is 0.0915. The fourth-order valence-corrected chi connectivity index (χ4v) is 2.49. The Morgan fingerprint density at radius 3 is 2.55 bits per heavy atom. The molecule has 1 aromatic carbocycles. The largest absolute Gasteiger partial charge is 0.469 e. The van der Waals surface area contributed by atoms with Gasteiger partial charge in [-0.2, -0.15) is 0 Å². The van der Waals surface area contributed by atoms with Crippen molar-refractivity contribution in [2.45, 2.75) is 13.0 Å². The molecule has 6 heteroatoms. The highest BCUT2D eigenvalue weighted by Crippen LogP contribution is 2.29. The van der Waals surface area contributed by atoms with Crippen molar-refractivity contribution >= 4 is 29.1 Å². The van der Waals surface area contributed by atoms with E-state index < -0.39 is 6.10 Å². The van der Waals surface area contributed by atoms with Crippen LogP contribution < -0.4 is 5.32 Å². The zero-order chi connectivity index (χ0) is 14.7. The molecule has 4 nitrogen and oxygen atoms in total. The summed E-state index contributed by atoms with van der Waals surface area (Å²) < 4.78 is 5.05. The Labute approximate surface area is 126 Å². The Kier molecular flexibility index (Phi) is 4.70. The molecule has 20 heavy (non-hydrogen) atoms. The molecule has 1 aromatic heterocycles. The summed E-state index contributed by atoms with van der Waals surface area (Å²) in [6, 6.07) is 6.52. The lowest BCUT2D eigenvalue weighted by Gasteiger charge is -2.15. The first kappa shape index (κ1) is 14.9. The van der Waals surface area contributed by atoms with Gasteiger partial charge in [0.05, 0.1) is 17.9 Å². The monoisotopic (exact) mass is 313 g/mol. The Hall–Kier alpha value is -1.49. The van der Waals surface area contributed by atoms with E-state index in [4.69, 9.17) is 27.6 Å². The summed E-state index contributed by atoms with van der Waals surface area (Å²) >= 11 is 12.0. The van der Waals surface area contributed by atoms with Crippen molar-refractivity contribution in [2.75, 3.05) is 6.54 Å². The topological polar surface area (TPSA) is 62.5 Å². The Balaban J connectivity index is 2.04. The number of amides is 1. The van der Waals surface area contributed by atoms with Crippen molar-refractivity contribution in [1.29, 1.82) is 0 Å². The number of aliphatic hydroxyl groups is 1. The Bertz CT molecular complexity index is 604. The van der Waals surface area contributed by atoms with Gasteiger partial charge in [0.25, 0.3) is 5.91 Å². The van der Waals surface area contributed by atoms with Crippen molar-refractivity contribution in [1.82, 2.24) is 5.32 Å². The molecular weight excluding hydrogens is 301 g/mol. The molecule has 0 spiro atoms. The third-order valence-corrected chi connectivity index (χ3v) is 3.55. The molecule has 0 radical (unpaired) electrons. The van der Waals surface area contributed by atoms with E-state index in [0.717, 1.165) is 0 Å². The number of benzene rings is 1. The molecule has 1 unspecified atom stereocenters. The first-order chi connectivity index (χ1) is 9.50. The molecule has 2 aromatic rings. The fourth-order valence-electron chi connectivity index (χ4n) is 1.84. The van der Waals surface area contributed by atoms with Crippen LogP contribution in [0.4, 0.5) is 0 Å². The number of halogens is 2. The lowest BCUT2D eigenvalue weighted by atomic mass is 10.1. The minimum atomic E-state index is -0.979. The average Bonchev–Trinajstić information content (AvgIpc) is 2.82. The van der Waals surface area contributed by atoms with Gasteiger partial charge in [-0.3, -0.25) is 4.79 Å². The van der Waals surface area contributed by atoms with Crippen LogP contribution >= 0.6 is 23.2 Å². The molecule has 0 bridgehead atoms. The number of nitrogens with one attached hydrogen (secondary N) is 1. The summed E-state index contributed by atoms with van der Waals surface area (Å²) in [5.41, 5.74) is 0.836. The first-order valence-electron chi connectivity index (χ1n) is 5.95. The molecule has 0 fully saturated rings. The van der Waals surface area contributed by atoms with Crippen LogP contribution in [-0.2, 0) is 0 Å². The zero-order valence-electron chi connectivity index (χ0n) is 10.7. The van der Waals surface area contributed by atoms with Gasteiger partial charge in [-0.15, -0.1) is 0 Å². The van der Waals surface area contributed by atoms with Crippen LogP contribution in [-0.4, -0.2) is 17.6 Å². The second-order valence-corrected chi connectivity index (χ2v) is 5.07. The number of rotatable bonds is 4. The molecular formula is C14H13Cl2NO3. The second kappa shape index (κ2) is 6.31. The average molecular weight is 314 g/mol. The van der Waals surface area contributed by atoms with E-state index in [2.05, 4.69) is 5.32 Å². The lowest BCUT2D eigenvalue weighted by Crippen LogP contribution is -2.28. The summed E-state index contributed by atoms with van der Waals surface area (Å²) in [6.07, 6.45) is 0.457. The molecule has 0 aliphatic rings. The van der Waals surface area contributed by atoms with Crippen LogP contribution in [0.3, 0.4) is 0 Å². The number of aryl methyl sites for hydroxylation is 1. The van der Waals surface area contributed by atoms with Crippen molar-refractivity contribution in [2.24, 2.45) is 0 Å². The molecule has 0 aliphatic carbocycles. The molecule has 0 aliphatic heterocycles. The number of furan rings is 1. The summed E-state index contributed by atoms with van der Waals surface area (Å²) in [5.74, 6) is 0.200. The van der Waals surface area contributed by atoms with Crippen LogP contribution in [0.25, 0.3) is 0 Å². The van der Waals surface area contributed by atoms with Crippen molar-refractivity contribution in [3.05, 3.63) is 57.5 Å². The second-order valence-electron chi connectivity index (χ2n) is 4.25. The van der Waals surface area contributed by atoms with Gasteiger partial charge in [0.15, 0.2) is 0 Å². The normalized spacial score (nSPS) is 12.2. The van der Waals surface area contributed by atoms with E-state index in [9.17, 15) is 9.90 Å². The van der Waals surface area contributed by atoms with Gasteiger partial charge in [0.1, 0.15) is 5.76 Å². The first-order valence-corrected chi connectivity index (χ1v) is 6.70. The van der Waals surface area contributed by atoms with Gasteiger partial charge in [-0.1, -0.05) is 29.3 Å². The smallest absolute Gasteiger partial charge is 0.254 e. The highest BCUT2D eigenvalue weighted by Gasteiger charge is 2.18. The van der Waals surface area contributed by atoms with E-state index in [1.807, 2.05) is 0 Å². The number of hydrogen-bond donors (Lipinski definition) is 2. The highest BCUT2D eigenvalue weighted by molar-refractivity contribution is 6.36. The van der Waals surface area contributed by atoms with Crippen LogP contribution in [0.5, 0.6) is 0 Å². The predicted octanol–water partition coefficient (Wildman–Crippen LogP) is 3.36. The van der Waals surface area contributed by atoms with Gasteiger partial charge in [0.2, 0.25) is 0 Å². The van der Waals surface area contributed by atoms with E-state index in [1.54, 1.807) is 31.2 Å². The summed E-state index contributed by atoms with van der Waals surface area (Å²) in [7, 11) is 0. The van der Waals surface area contributed by atoms with E-state index in [1.165, 1.54) is 6.26 Å². The van der Waals surface area contributed by atoms with E-state index in [-0.39, 0.29) is 12.5 Å². The quantitative estimate of drug-likeness (QED) is 0.909. The third-order valence-electron chi connectivity index (χ3n) is 2.89. The molecule has 2 N–H and O–H groups in total. The van der Waals surface area contributed by atoms with Crippen molar-refractivity contribution in [3.8, 4) is 0 Å². The summed E-state index contributed by atoms with van der Waals surface area (Å²) in [4.78, 5) is 11.9. The van der Waals surface area contributed by atoms with Crippen molar-refractivity contribution in [3.63, 3.8) is 0 Å². The van der Waals surface area contributed by atoms with Gasteiger partial charge < -0.3 is 14.8 Å². The number of carbonyl (C=O) groups is 1. The molecule has 0 saturated heterocycles. The van der Waals surface area contributed by atoms with Crippen LogP contribution in [0.15, 0.2) is 34.9 Å². The minimum Gasteiger partial charge on any atom is -0.469 e. The standard InChI is InChI=1S/C14H13Cl2NO3/c1-8-9(5-6-20-8)14(19)17-7-12(18)13-10(15)3-2-4-11(13)16/h2-6,12,18H,7H2,1H3,(H,17,19). The number of aliphatic hydroxyl groups excluding tert-OH is 1. The van der Waals surface area contributed by atoms with Crippen molar-refractivity contribution < 1.29 is 14.3 Å². The van der Waals surface area contributed by atoms with Gasteiger partial charge in [-0.05, 0) is 25.1 Å². The molecule has 0 saturated carbocycles. The molecule has 2 rings (SSSR count). The van der Waals surface area contributed by atoms with Gasteiger partial charge in [-0.25, -0.2) is 0 Å². The Morgan fingerprint density at radius 2 is 2.00 bits per heavy atom. The Morgan fingerprint density at radius 1 is 1.35 bits per heavy atom. The molecule has 106 valence electrons. The summed E-state index contributed by atoms with van der Waals surface area (Å²) in [5, 5.41) is 13.4. The van der Waals surface area contributed by atoms with E-state index in [0.29, 0.717) is 26.9 Å². The SMILES string of the molecule is Cc1occc1C(=O)NCC(O)c1c(Cl)cccc1Cl. The summed E-state index contributed by atoms with van der Waals surface area (Å²) in [6.45, 7) is 1.70. The van der Waals surface area contributed by atoms with Gasteiger partial charge >= 0.3 is 0 Å². The predicted molar refractivity (Wildman–Crippen MR) is 77.2 cm³/mol. The van der Waals surface area contributed by atoms with Gasteiger partial charge in [0, 0.05) is 22.2 Å². The maximum Gasteiger partial charge on any atom is 0.254 e. The maximum atomic E-state index is 11.9. The molecule has 1 atom stereocenters. The molecule has 1 amide bonds. The maximum absolute atomic E-state index is 11.9. The highest BCUT2D eigenvalue weighted by atomic mass is 35.5. The zero-order valence-corrected chi connectivity index (χ0v) is 12.2. The number of carbonyl (C=O) groups excluding carboxylic acids is 1. The van der Waals surface area contributed by atoms with E-state index >= 15 is 0 Å². The molecule has 1 heterocycles. The van der Waals surface area contributed by atoms with Crippen LogP contribution in [0.1, 0.15) is 27.8 Å². The van der Waals surface area contributed by atoms with Crippen LogP contribution in [0.2, 0.25) is 10.0 Å². The fraction of sp³-hybridized carbons (Fsp3) is 0.214. The number of hydrogen-bond acceptors (Lipinski definition) is 3. The minimum absolute atomic E-state index is 0.00685. The third kappa shape index (κ3) is 3.15.